The largest absolute Gasteiger partial charge is 0.496 e. The minimum absolute atomic E-state index is 0.0640. The van der Waals surface area contributed by atoms with Gasteiger partial charge in [-0.2, -0.15) is 0 Å². The summed E-state index contributed by atoms with van der Waals surface area (Å²) in [7, 11) is 1.58. The van der Waals surface area contributed by atoms with Crippen molar-refractivity contribution in [2.24, 2.45) is 0 Å². The zero-order valence-corrected chi connectivity index (χ0v) is 14.5. The number of carbonyl (C=O) groups excluding carboxylic acids is 2. The Balaban J connectivity index is 1.39. The van der Waals surface area contributed by atoms with Crippen LogP contribution in [0, 0.1) is 0 Å². The van der Waals surface area contributed by atoms with Crippen molar-refractivity contribution in [2.45, 2.75) is 12.6 Å². The summed E-state index contributed by atoms with van der Waals surface area (Å²) in [6.45, 7) is 3.08. The van der Waals surface area contributed by atoms with Crippen molar-refractivity contribution >= 4 is 12.1 Å². The van der Waals surface area contributed by atoms with Gasteiger partial charge in [0, 0.05) is 37.8 Å². The maximum Gasteiger partial charge on any atom is 0.410 e. The highest BCUT2D eigenvalue weighted by Crippen LogP contribution is 2.36. The van der Waals surface area contributed by atoms with Gasteiger partial charge in [0.15, 0.2) is 11.5 Å². The SMILES string of the molecule is COc1cc2c(cc1CNC(=O)N1CCN3C(=O)OCC3C1)OCCO2. The summed E-state index contributed by atoms with van der Waals surface area (Å²) in [6, 6.07) is 3.36. The van der Waals surface area contributed by atoms with Gasteiger partial charge >= 0.3 is 12.1 Å². The number of nitrogens with zero attached hydrogens (tertiary/aromatic N) is 2. The minimum Gasteiger partial charge on any atom is -0.496 e. The predicted octanol–water partition coefficient (Wildman–Crippen LogP) is 0.812. The second-order valence-electron chi connectivity index (χ2n) is 6.34. The lowest BCUT2D eigenvalue weighted by Crippen LogP contribution is -2.55. The Morgan fingerprint density at radius 3 is 2.77 bits per heavy atom. The van der Waals surface area contributed by atoms with Crippen LogP contribution in [0.15, 0.2) is 12.1 Å². The number of hydrogen-bond donors (Lipinski definition) is 1. The molecule has 1 atom stereocenters. The van der Waals surface area contributed by atoms with E-state index in [0.717, 1.165) is 5.56 Å². The van der Waals surface area contributed by atoms with Gasteiger partial charge < -0.3 is 29.2 Å². The molecule has 1 N–H and O–H groups in total. The Kier molecular flexibility index (Phi) is 4.36. The quantitative estimate of drug-likeness (QED) is 0.855. The number of nitrogens with one attached hydrogen (secondary N) is 1. The first-order valence-corrected chi connectivity index (χ1v) is 8.58. The van der Waals surface area contributed by atoms with Crippen LogP contribution in [-0.2, 0) is 11.3 Å². The summed E-state index contributed by atoms with van der Waals surface area (Å²) >= 11 is 0. The fraction of sp³-hybridized carbons (Fsp3) is 0.529. The van der Waals surface area contributed by atoms with Gasteiger partial charge in [0.1, 0.15) is 25.6 Å². The fourth-order valence-electron chi connectivity index (χ4n) is 3.40. The molecular weight excluding hydrogens is 342 g/mol. The first-order chi connectivity index (χ1) is 12.7. The number of fused-ring (bicyclic) bond motifs is 2. The molecule has 3 heterocycles. The summed E-state index contributed by atoms with van der Waals surface area (Å²) in [5.41, 5.74) is 0.808. The Bertz CT molecular complexity index is 725. The van der Waals surface area contributed by atoms with Gasteiger partial charge in [-0.05, 0) is 6.07 Å². The van der Waals surface area contributed by atoms with E-state index in [1.54, 1.807) is 23.0 Å². The summed E-state index contributed by atoms with van der Waals surface area (Å²) in [6.07, 6.45) is -0.295. The van der Waals surface area contributed by atoms with Crippen molar-refractivity contribution in [3.8, 4) is 17.2 Å². The molecule has 0 bridgehead atoms. The smallest absolute Gasteiger partial charge is 0.410 e. The molecule has 0 aromatic heterocycles. The zero-order chi connectivity index (χ0) is 18.1. The van der Waals surface area contributed by atoms with E-state index in [1.807, 2.05) is 6.07 Å². The average molecular weight is 363 g/mol. The van der Waals surface area contributed by atoms with E-state index in [-0.39, 0.29) is 18.2 Å². The molecule has 140 valence electrons. The highest BCUT2D eigenvalue weighted by atomic mass is 16.6. The Morgan fingerprint density at radius 1 is 1.23 bits per heavy atom. The van der Waals surface area contributed by atoms with Crippen molar-refractivity contribution in [3.63, 3.8) is 0 Å². The molecule has 3 aliphatic rings. The molecule has 3 aliphatic heterocycles. The number of rotatable bonds is 3. The van der Waals surface area contributed by atoms with E-state index < -0.39 is 0 Å². The summed E-state index contributed by atoms with van der Waals surface area (Å²) in [4.78, 5) is 27.4. The standard InChI is InChI=1S/C17H21N3O6/c1-23-13-7-15-14(24-4-5-25-15)6-11(13)8-18-16(21)19-2-3-20-12(9-19)10-26-17(20)22/h6-7,12H,2-5,8-10H2,1H3,(H,18,21). The molecule has 0 saturated carbocycles. The van der Waals surface area contributed by atoms with E-state index in [0.29, 0.717) is 63.2 Å². The molecule has 4 rings (SSSR count). The molecule has 0 radical (unpaired) electrons. The maximum atomic E-state index is 12.5. The number of urea groups is 1. The molecule has 9 nitrogen and oxygen atoms in total. The number of piperazine rings is 1. The number of cyclic esters (lactones) is 1. The number of benzene rings is 1. The first-order valence-electron chi connectivity index (χ1n) is 8.58. The Hall–Kier alpha value is -2.84. The van der Waals surface area contributed by atoms with Crippen molar-refractivity contribution in [3.05, 3.63) is 17.7 Å². The number of ether oxygens (including phenoxy) is 4. The lowest BCUT2D eigenvalue weighted by atomic mass is 10.1. The molecule has 26 heavy (non-hydrogen) atoms. The molecule has 0 aliphatic carbocycles. The van der Waals surface area contributed by atoms with Crippen LogP contribution in [0.5, 0.6) is 17.2 Å². The maximum absolute atomic E-state index is 12.5. The lowest BCUT2D eigenvalue weighted by Gasteiger charge is -2.35. The third-order valence-electron chi connectivity index (χ3n) is 4.78. The topological polar surface area (TPSA) is 89.6 Å². The van der Waals surface area contributed by atoms with Gasteiger partial charge in [-0.1, -0.05) is 0 Å². The summed E-state index contributed by atoms with van der Waals surface area (Å²) in [5.74, 6) is 1.93. The molecule has 9 heteroatoms. The normalized spacial score (nSPS) is 21.1. The molecule has 1 aromatic rings. The second kappa shape index (κ2) is 6.81. The minimum atomic E-state index is -0.295. The van der Waals surface area contributed by atoms with Crippen LogP contribution in [0.2, 0.25) is 0 Å². The molecule has 2 saturated heterocycles. The number of methoxy groups -OCH3 is 1. The van der Waals surface area contributed by atoms with Crippen molar-refractivity contribution in [1.82, 2.24) is 15.1 Å². The van der Waals surface area contributed by atoms with Crippen LogP contribution in [-0.4, -0.2) is 74.5 Å². The monoisotopic (exact) mass is 363 g/mol. The third kappa shape index (κ3) is 3.04. The van der Waals surface area contributed by atoms with Crippen LogP contribution in [0.25, 0.3) is 0 Å². The van der Waals surface area contributed by atoms with Crippen LogP contribution >= 0.6 is 0 Å². The molecule has 3 amide bonds. The summed E-state index contributed by atoms with van der Waals surface area (Å²) < 4.78 is 21.6. The molecule has 1 unspecified atom stereocenters. The zero-order valence-electron chi connectivity index (χ0n) is 14.5. The van der Waals surface area contributed by atoms with Gasteiger partial charge in [0.2, 0.25) is 0 Å². The van der Waals surface area contributed by atoms with E-state index in [9.17, 15) is 9.59 Å². The number of hydrogen-bond acceptors (Lipinski definition) is 6. The lowest BCUT2D eigenvalue weighted by molar-refractivity contribution is 0.127. The molecule has 2 fully saturated rings. The average Bonchev–Trinajstić information content (AvgIpc) is 3.05. The van der Waals surface area contributed by atoms with Crippen LogP contribution < -0.4 is 19.5 Å². The number of carbonyl (C=O) groups is 2. The van der Waals surface area contributed by atoms with Crippen molar-refractivity contribution in [2.75, 3.05) is 46.6 Å². The molecular formula is C17H21N3O6. The summed E-state index contributed by atoms with van der Waals surface area (Å²) in [5, 5.41) is 2.91. The van der Waals surface area contributed by atoms with Crippen LogP contribution in [0.4, 0.5) is 9.59 Å². The molecule has 1 aromatic carbocycles. The molecule has 0 spiro atoms. The van der Waals surface area contributed by atoms with Crippen molar-refractivity contribution in [1.29, 1.82) is 0 Å². The van der Waals surface area contributed by atoms with Crippen LogP contribution in [0.1, 0.15) is 5.56 Å². The van der Waals surface area contributed by atoms with Gasteiger partial charge in [-0.15, -0.1) is 0 Å². The van der Waals surface area contributed by atoms with E-state index in [1.165, 1.54) is 0 Å². The van der Waals surface area contributed by atoms with E-state index in [2.05, 4.69) is 5.32 Å². The van der Waals surface area contributed by atoms with E-state index in [4.69, 9.17) is 18.9 Å². The van der Waals surface area contributed by atoms with Gasteiger partial charge in [-0.25, -0.2) is 9.59 Å². The van der Waals surface area contributed by atoms with Gasteiger partial charge in [0.25, 0.3) is 0 Å². The second-order valence-corrected chi connectivity index (χ2v) is 6.34. The van der Waals surface area contributed by atoms with E-state index >= 15 is 0 Å². The van der Waals surface area contributed by atoms with Crippen LogP contribution in [0.3, 0.4) is 0 Å². The highest BCUT2D eigenvalue weighted by Gasteiger charge is 2.38. The Labute approximate surface area is 150 Å². The first kappa shape index (κ1) is 16.6. The van der Waals surface area contributed by atoms with Gasteiger partial charge in [0.05, 0.1) is 13.2 Å². The van der Waals surface area contributed by atoms with Gasteiger partial charge in [-0.3, -0.25) is 4.90 Å². The Morgan fingerprint density at radius 2 is 2.00 bits per heavy atom. The highest BCUT2D eigenvalue weighted by molar-refractivity contribution is 5.76. The van der Waals surface area contributed by atoms with Crippen molar-refractivity contribution < 1.29 is 28.5 Å². The fourth-order valence-corrected chi connectivity index (χ4v) is 3.40. The predicted molar refractivity (Wildman–Crippen MR) is 89.6 cm³/mol. The number of amides is 3. The third-order valence-corrected chi connectivity index (χ3v) is 4.78.